The van der Waals surface area contributed by atoms with Crippen LogP contribution >= 0.6 is 11.6 Å². The van der Waals surface area contributed by atoms with Crippen molar-refractivity contribution in [2.24, 2.45) is 5.92 Å². The van der Waals surface area contributed by atoms with Gasteiger partial charge in [-0.15, -0.1) is 0 Å². The third-order valence-electron chi connectivity index (χ3n) is 2.98. The molecule has 28 heavy (non-hydrogen) atoms. The van der Waals surface area contributed by atoms with E-state index in [0.717, 1.165) is 24.3 Å². The number of hydrogen-bond acceptors (Lipinski definition) is 4. The zero-order valence-corrected chi connectivity index (χ0v) is 18.0. The predicted molar refractivity (Wildman–Crippen MR) is 85.9 cm³/mol. The zero-order chi connectivity index (χ0) is 22.6. The maximum atomic E-state index is 12.7. The summed E-state index contributed by atoms with van der Waals surface area (Å²) in [6.45, 7) is 0. The Morgan fingerprint density at radius 1 is 0.964 bits per heavy atom. The van der Waals surface area contributed by atoms with E-state index in [1.165, 1.54) is 4.72 Å². The van der Waals surface area contributed by atoms with Gasteiger partial charge in [0, 0.05) is 0 Å². The minimum absolute atomic E-state index is 0.0563. The molecule has 0 saturated heterocycles. The van der Waals surface area contributed by atoms with Crippen LogP contribution in [0.5, 0.6) is 0 Å². The van der Waals surface area contributed by atoms with Crippen molar-refractivity contribution in [1.29, 1.82) is 0 Å². The first-order valence-corrected chi connectivity index (χ1v) is 11.6. The van der Waals surface area contributed by atoms with Gasteiger partial charge in [0.05, 0.1) is 0 Å². The van der Waals surface area contributed by atoms with Gasteiger partial charge in [0.1, 0.15) is 0 Å². The van der Waals surface area contributed by atoms with E-state index < -0.39 is 53.3 Å². The Morgan fingerprint density at radius 2 is 1.32 bits per heavy atom. The van der Waals surface area contributed by atoms with Crippen molar-refractivity contribution in [2.75, 3.05) is 0 Å². The average Bonchev–Trinajstić information content (AvgIpc) is 2.41. The second-order valence-electron chi connectivity index (χ2n) is 5.10. The van der Waals surface area contributed by atoms with E-state index in [-0.39, 0.29) is 33.0 Å². The Balaban J connectivity index is 0.00000129. The number of sulfonamides is 1. The van der Waals surface area contributed by atoms with E-state index in [2.05, 4.69) is 0 Å². The first-order valence-electron chi connectivity index (χ1n) is 6.90. The molecule has 0 fully saturated rings. The molecule has 1 aromatic carbocycles. The van der Waals surface area contributed by atoms with Crippen molar-refractivity contribution in [3.05, 3.63) is 29.3 Å². The van der Waals surface area contributed by atoms with E-state index >= 15 is 0 Å². The van der Waals surface area contributed by atoms with Gasteiger partial charge in [-0.2, -0.15) is 8.42 Å². The number of rotatable bonds is 5. The molecule has 17 heteroatoms. The summed E-state index contributed by atoms with van der Waals surface area (Å²) in [6, 6.07) is 1.99. The molecule has 0 heterocycles. The summed E-state index contributed by atoms with van der Waals surface area (Å²) in [5, 5.41) is 0.173. The fourth-order valence-corrected chi connectivity index (χ4v) is 4.34. The van der Waals surface area contributed by atoms with E-state index in [1.807, 2.05) is 0 Å². The molecule has 0 bridgehead atoms. The van der Waals surface area contributed by atoms with Gasteiger partial charge in [0.25, 0.3) is 0 Å². The summed E-state index contributed by atoms with van der Waals surface area (Å²) in [4.78, 5) is -0.467. The van der Waals surface area contributed by atoms with Gasteiger partial charge in [-0.25, -0.2) is 0 Å². The Bertz CT molecular complexity index is 822. The second kappa shape index (κ2) is 10.3. The van der Waals surface area contributed by atoms with Crippen LogP contribution in [0, 0.1) is 5.92 Å². The van der Waals surface area contributed by atoms with Crippen LogP contribution < -0.4 is 4.72 Å². The van der Waals surface area contributed by atoms with Gasteiger partial charge in [-0.1, -0.05) is 0 Å². The molecule has 0 radical (unpaired) electrons. The standard InChI is InChI=1S/C11H9ClF6NO2S.Na.H2O4S/c1-6(9(10(13,14)15)11(16,17)18)19-22(20,21)8-4-2-7(12)3-5-8;;1-5(2,3)4/h2-6,9,19H,1H2;;(H2,1,2,3,4). The normalized spacial score (nSPS) is 14.4. The summed E-state index contributed by atoms with van der Waals surface area (Å²) in [5.41, 5.74) is 0. The monoisotopic (exact) mass is 489 g/mol. The van der Waals surface area contributed by atoms with Crippen molar-refractivity contribution in [3.8, 4) is 0 Å². The van der Waals surface area contributed by atoms with Crippen molar-refractivity contribution >= 4 is 60.0 Å². The summed E-state index contributed by atoms with van der Waals surface area (Å²) in [6.07, 6.45) is -11.2. The summed E-state index contributed by atoms with van der Waals surface area (Å²) in [5.74, 6) is -3.77. The molecule has 3 N–H and O–H groups in total. The minimum atomic E-state index is -5.62. The third kappa shape index (κ3) is 10.6. The molecular formula is C11H11ClF6NNaO6S2. The van der Waals surface area contributed by atoms with Gasteiger partial charge in [0.2, 0.25) is 0 Å². The number of halogens is 7. The van der Waals surface area contributed by atoms with E-state index in [9.17, 15) is 34.8 Å². The van der Waals surface area contributed by atoms with E-state index in [1.54, 1.807) is 0 Å². The summed E-state index contributed by atoms with van der Waals surface area (Å²) >= 11 is 5.50. The van der Waals surface area contributed by atoms with Gasteiger partial charge in [0.15, 0.2) is 0 Å². The molecule has 0 aliphatic heterocycles. The van der Waals surface area contributed by atoms with Crippen LogP contribution in [0.25, 0.3) is 0 Å². The number of hydrogen-bond donors (Lipinski definition) is 3. The van der Waals surface area contributed by atoms with Crippen LogP contribution in [0.4, 0.5) is 26.3 Å². The molecule has 0 aromatic heterocycles. The fourth-order valence-electron chi connectivity index (χ4n) is 1.91. The quantitative estimate of drug-likeness (QED) is 0.332. The molecule has 0 amide bonds. The van der Waals surface area contributed by atoms with Crippen LogP contribution in [0.15, 0.2) is 29.2 Å². The minimum Gasteiger partial charge on any atom is -0.264 e. The summed E-state index contributed by atoms with van der Waals surface area (Å²) < 4.78 is 133. The predicted octanol–water partition coefficient (Wildman–Crippen LogP) is 2.66. The van der Waals surface area contributed by atoms with Gasteiger partial charge in [-0.05, 0) is 0 Å². The van der Waals surface area contributed by atoms with Crippen LogP contribution in [0.1, 0.15) is 0 Å². The van der Waals surface area contributed by atoms with Crippen LogP contribution in [0.2, 0.25) is 8.69 Å². The Kier molecular flexibility index (Phi) is 10.2. The Hall–Kier alpha value is -0.130. The Labute approximate surface area is 178 Å². The Morgan fingerprint density at radius 3 is 1.61 bits per heavy atom. The fraction of sp³-hybridized carbons (Fsp3) is 0.455. The molecule has 0 aliphatic rings. The number of nitrogens with one attached hydrogen (secondary N) is 1. The maximum Gasteiger partial charge on any atom is 0.394 e. The van der Waals surface area contributed by atoms with Crippen LogP contribution in [-0.2, 0) is 20.4 Å². The molecule has 1 rings (SSSR count). The molecule has 1 unspecified atom stereocenters. The molecule has 0 aliphatic carbocycles. The number of benzene rings is 1. The SMILES string of the molecule is O=S(=O)(NC([CH2][Na])C(C(F)(F)F)C(F)(F)F)c1ccc(Cl)cc1.O=S(=O)(O)O. The van der Waals surface area contributed by atoms with Crippen LogP contribution in [0.3, 0.4) is 0 Å². The molecule has 0 saturated carbocycles. The van der Waals surface area contributed by atoms with Gasteiger partial charge >= 0.3 is 162 Å². The molecule has 1 atom stereocenters. The van der Waals surface area contributed by atoms with Gasteiger partial charge < -0.3 is 0 Å². The number of alkyl halides is 6. The van der Waals surface area contributed by atoms with Crippen molar-refractivity contribution < 1.29 is 52.3 Å². The smallest absolute Gasteiger partial charge is 0.264 e. The molecule has 0 spiro atoms. The van der Waals surface area contributed by atoms with E-state index in [4.69, 9.17) is 29.1 Å². The van der Waals surface area contributed by atoms with Crippen molar-refractivity contribution in [3.63, 3.8) is 0 Å². The molecule has 158 valence electrons. The maximum absolute atomic E-state index is 12.7. The molecule has 7 nitrogen and oxygen atoms in total. The van der Waals surface area contributed by atoms with E-state index in [0.29, 0.717) is 0 Å². The second-order valence-corrected chi connectivity index (χ2v) is 8.96. The largest absolute Gasteiger partial charge is 0.394 e. The van der Waals surface area contributed by atoms with Crippen LogP contribution in [-0.4, -0.2) is 72.3 Å². The third-order valence-corrected chi connectivity index (χ3v) is 5.62. The first kappa shape index (κ1) is 27.9. The van der Waals surface area contributed by atoms with Crippen molar-refractivity contribution in [1.82, 2.24) is 4.72 Å². The average molecular weight is 490 g/mol. The molecule has 1 aromatic rings. The zero-order valence-electron chi connectivity index (χ0n) is 13.7. The molecular weight excluding hydrogens is 479 g/mol. The van der Waals surface area contributed by atoms with Crippen molar-refractivity contribution in [2.45, 2.75) is 27.0 Å². The van der Waals surface area contributed by atoms with Gasteiger partial charge in [-0.3, -0.25) is 9.11 Å². The summed E-state index contributed by atoms with van der Waals surface area (Å²) in [7, 11) is -9.21. The first-order chi connectivity index (χ1) is 12.3. The topological polar surface area (TPSA) is 121 Å².